The molecule has 4 nitrogen and oxygen atoms in total. The molecule has 0 bridgehead atoms. The molecule has 0 spiro atoms. The van der Waals surface area contributed by atoms with Crippen LogP contribution >= 0.6 is 0 Å². The molecule has 0 saturated carbocycles. The SMILES string of the molecule is CN1CC(C(=O)NCC2=CCCCC2)Oc2ccccc21. The Hall–Kier alpha value is -1.97. The van der Waals surface area contributed by atoms with Crippen LogP contribution < -0.4 is 15.0 Å². The van der Waals surface area contributed by atoms with Gasteiger partial charge >= 0.3 is 0 Å². The van der Waals surface area contributed by atoms with E-state index in [9.17, 15) is 4.79 Å². The molecule has 1 atom stereocenters. The van der Waals surface area contributed by atoms with E-state index in [1.807, 2.05) is 31.3 Å². The fourth-order valence-electron chi connectivity index (χ4n) is 2.93. The third kappa shape index (κ3) is 3.20. The maximum Gasteiger partial charge on any atom is 0.263 e. The molecule has 1 aromatic carbocycles. The van der Waals surface area contributed by atoms with Crippen LogP contribution in [0.5, 0.6) is 5.75 Å². The van der Waals surface area contributed by atoms with Crippen molar-refractivity contribution in [1.82, 2.24) is 5.32 Å². The van der Waals surface area contributed by atoms with Crippen LogP contribution in [-0.4, -0.2) is 32.1 Å². The molecule has 0 radical (unpaired) electrons. The zero-order valence-corrected chi connectivity index (χ0v) is 12.5. The van der Waals surface area contributed by atoms with Gasteiger partial charge < -0.3 is 15.0 Å². The minimum Gasteiger partial charge on any atom is -0.477 e. The molecule has 0 fully saturated rings. The molecule has 3 rings (SSSR count). The number of hydrogen-bond donors (Lipinski definition) is 1. The quantitative estimate of drug-likeness (QED) is 0.868. The number of anilines is 1. The van der Waals surface area contributed by atoms with E-state index in [1.54, 1.807) is 0 Å². The summed E-state index contributed by atoms with van der Waals surface area (Å²) in [5, 5.41) is 3.01. The Kier molecular flexibility index (Phi) is 4.13. The van der Waals surface area contributed by atoms with Crippen molar-refractivity contribution in [3.63, 3.8) is 0 Å². The van der Waals surface area contributed by atoms with Gasteiger partial charge in [0.05, 0.1) is 12.2 Å². The summed E-state index contributed by atoms with van der Waals surface area (Å²) in [7, 11) is 1.99. The highest BCUT2D eigenvalue weighted by atomic mass is 16.5. The van der Waals surface area contributed by atoms with E-state index < -0.39 is 6.10 Å². The number of nitrogens with zero attached hydrogens (tertiary/aromatic N) is 1. The third-order valence-corrected chi connectivity index (χ3v) is 4.15. The van der Waals surface area contributed by atoms with Gasteiger partial charge in [-0.15, -0.1) is 0 Å². The zero-order chi connectivity index (χ0) is 14.7. The third-order valence-electron chi connectivity index (χ3n) is 4.15. The Labute approximate surface area is 125 Å². The highest BCUT2D eigenvalue weighted by Gasteiger charge is 2.28. The second-order valence-corrected chi connectivity index (χ2v) is 5.78. The Morgan fingerprint density at radius 1 is 1.38 bits per heavy atom. The van der Waals surface area contributed by atoms with E-state index in [2.05, 4.69) is 16.3 Å². The second-order valence-electron chi connectivity index (χ2n) is 5.78. The van der Waals surface area contributed by atoms with Gasteiger partial charge in [-0.25, -0.2) is 0 Å². The summed E-state index contributed by atoms with van der Waals surface area (Å²) in [6, 6.07) is 7.83. The predicted molar refractivity (Wildman–Crippen MR) is 83.7 cm³/mol. The number of amides is 1. The minimum absolute atomic E-state index is 0.0252. The molecule has 1 heterocycles. The van der Waals surface area contributed by atoms with Crippen molar-refractivity contribution in [2.24, 2.45) is 0 Å². The van der Waals surface area contributed by atoms with Gasteiger partial charge in [0.25, 0.3) is 5.91 Å². The number of para-hydroxylation sites is 2. The van der Waals surface area contributed by atoms with Crippen LogP contribution in [0.4, 0.5) is 5.69 Å². The molecule has 4 heteroatoms. The molecule has 1 unspecified atom stereocenters. The molecular formula is C17H22N2O2. The lowest BCUT2D eigenvalue weighted by Crippen LogP contribution is -2.48. The van der Waals surface area contributed by atoms with Gasteiger partial charge in [0.15, 0.2) is 6.10 Å². The smallest absolute Gasteiger partial charge is 0.263 e. The van der Waals surface area contributed by atoms with Crippen LogP contribution in [0.25, 0.3) is 0 Å². The van der Waals surface area contributed by atoms with Crippen LogP contribution in [0.3, 0.4) is 0 Å². The van der Waals surface area contributed by atoms with E-state index in [1.165, 1.54) is 18.4 Å². The van der Waals surface area contributed by atoms with Crippen molar-refractivity contribution in [2.45, 2.75) is 31.8 Å². The number of hydrogen-bond acceptors (Lipinski definition) is 3. The number of carbonyl (C=O) groups is 1. The average molecular weight is 286 g/mol. The molecule has 112 valence electrons. The highest BCUT2D eigenvalue weighted by Crippen LogP contribution is 2.31. The van der Waals surface area contributed by atoms with Gasteiger partial charge in [-0.05, 0) is 37.8 Å². The fourth-order valence-corrected chi connectivity index (χ4v) is 2.93. The van der Waals surface area contributed by atoms with Gasteiger partial charge in [-0.1, -0.05) is 23.8 Å². The van der Waals surface area contributed by atoms with E-state index >= 15 is 0 Å². The van der Waals surface area contributed by atoms with Crippen LogP contribution in [0.2, 0.25) is 0 Å². The van der Waals surface area contributed by atoms with Crippen LogP contribution in [0.1, 0.15) is 25.7 Å². The van der Waals surface area contributed by atoms with E-state index in [-0.39, 0.29) is 5.91 Å². The van der Waals surface area contributed by atoms with Crippen LogP contribution in [-0.2, 0) is 4.79 Å². The monoisotopic (exact) mass is 286 g/mol. The van der Waals surface area contributed by atoms with Crippen LogP contribution in [0.15, 0.2) is 35.9 Å². The van der Waals surface area contributed by atoms with Crippen molar-refractivity contribution in [3.8, 4) is 5.75 Å². The molecule has 1 aromatic rings. The summed E-state index contributed by atoms with van der Waals surface area (Å²) >= 11 is 0. The normalized spacial score (nSPS) is 21.1. The largest absolute Gasteiger partial charge is 0.477 e. The van der Waals surface area contributed by atoms with Crippen molar-refractivity contribution in [3.05, 3.63) is 35.9 Å². The lowest BCUT2D eigenvalue weighted by atomic mass is 10.00. The first-order chi connectivity index (χ1) is 10.2. The van der Waals surface area contributed by atoms with Gasteiger partial charge in [0.1, 0.15) is 5.75 Å². The zero-order valence-electron chi connectivity index (χ0n) is 12.5. The standard InChI is InChI=1S/C17H22N2O2/c1-19-12-16(21-15-10-6-5-9-14(15)19)17(20)18-11-13-7-3-2-4-8-13/h5-7,9-10,16H,2-4,8,11-12H2,1H3,(H,18,20). The lowest BCUT2D eigenvalue weighted by molar-refractivity contribution is -0.127. The fraction of sp³-hybridized carbons (Fsp3) is 0.471. The first-order valence-electron chi connectivity index (χ1n) is 7.66. The summed E-state index contributed by atoms with van der Waals surface area (Å²) in [5.74, 6) is 0.756. The summed E-state index contributed by atoms with van der Waals surface area (Å²) in [6.45, 7) is 1.24. The maximum absolute atomic E-state index is 12.3. The number of nitrogens with one attached hydrogen (secondary N) is 1. The summed E-state index contributed by atoms with van der Waals surface area (Å²) in [4.78, 5) is 14.4. The number of rotatable bonds is 3. The average Bonchev–Trinajstić information content (AvgIpc) is 2.53. The van der Waals surface area contributed by atoms with Gasteiger partial charge in [0, 0.05) is 13.6 Å². The number of allylic oxidation sites excluding steroid dienone is 1. The number of carbonyl (C=O) groups excluding carboxylic acids is 1. The van der Waals surface area contributed by atoms with Crippen molar-refractivity contribution in [2.75, 3.05) is 25.0 Å². The summed E-state index contributed by atoms with van der Waals surface area (Å²) in [5.41, 5.74) is 2.38. The molecule has 2 aliphatic rings. The topological polar surface area (TPSA) is 41.6 Å². The first kappa shape index (κ1) is 14.0. The Morgan fingerprint density at radius 2 is 2.24 bits per heavy atom. The van der Waals surface area contributed by atoms with Crippen molar-refractivity contribution >= 4 is 11.6 Å². The molecule has 0 saturated heterocycles. The van der Waals surface area contributed by atoms with E-state index in [0.717, 1.165) is 24.3 Å². The van der Waals surface area contributed by atoms with Crippen LogP contribution in [0, 0.1) is 0 Å². The molecule has 1 amide bonds. The van der Waals surface area contributed by atoms with E-state index in [0.29, 0.717) is 13.1 Å². The number of likely N-dealkylation sites (N-methyl/N-ethyl adjacent to an activating group) is 1. The highest BCUT2D eigenvalue weighted by molar-refractivity contribution is 5.83. The first-order valence-corrected chi connectivity index (χ1v) is 7.66. The molecule has 1 aliphatic carbocycles. The Balaban J connectivity index is 1.60. The molecular weight excluding hydrogens is 264 g/mol. The molecule has 1 N–H and O–H groups in total. The van der Waals surface area contributed by atoms with Gasteiger partial charge in [-0.3, -0.25) is 4.79 Å². The lowest BCUT2D eigenvalue weighted by Gasteiger charge is -2.33. The molecule has 21 heavy (non-hydrogen) atoms. The van der Waals surface area contributed by atoms with E-state index in [4.69, 9.17) is 4.74 Å². The predicted octanol–water partition coefficient (Wildman–Crippen LogP) is 2.50. The van der Waals surface area contributed by atoms with Crippen molar-refractivity contribution in [1.29, 1.82) is 0 Å². The molecule has 0 aromatic heterocycles. The number of benzene rings is 1. The summed E-state index contributed by atoms with van der Waals surface area (Å²) in [6.07, 6.45) is 6.57. The van der Waals surface area contributed by atoms with Gasteiger partial charge in [-0.2, -0.15) is 0 Å². The van der Waals surface area contributed by atoms with Gasteiger partial charge in [0.2, 0.25) is 0 Å². The number of fused-ring (bicyclic) bond motifs is 1. The number of ether oxygens (including phenoxy) is 1. The second kappa shape index (κ2) is 6.20. The molecule has 1 aliphatic heterocycles. The maximum atomic E-state index is 12.3. The minimum atomic E-state index is -0.436. The Bertz CT molecular complexity index is 553. The summed E-state index contributed by atoms with van der Waals surface area (Å²) < 4.78 is 5.83. The Morgan fingerprint density at radius 3 is 3.05 bits per heavy atom. The van der Waals surface area contributed by atoms with Crippen molar-refractivity contribution < 1.29 is 9.53 Å².